The zero-order valence-electron chi connectivity index (χ0n) is 15.8. The van der Waals surface area contributed by atoms with E-state index in [1.165, 1.54) is 30.3 Å². The van der Waals surface area contributed by atoms with Crippen molar-refractivity contribution in [3.8, 4) is 0 Å². The molecule has 31 heavy (non-hydrogen) atoms. The maximum absolute atomic E-state index is 12.8. The fourth-order valence-corrected chi connectivity index (χ4v) is 2.88. The quantitative estimate of drug-likeness (QED) is 0.339. The van der Waals surface area contributed by atoms with Crippen LogP contribution in [0.1, 0.15) is 27.0 Å². The van der Waals surface area contributed by atoms with Gasteiger partial charge in [-0.2, -0.15) is 13.2 Å². The smallest absolute Gasteiger partial charge is 0.325 e. The zero-order valence-corrected chi connectivity index (χ0v) is 15.8. The van der Waals surface area contributed by atoms with Gasteiger partial charge in [0.1, 0.15) is 0 Å². The van der Waals surface area contributed by atoms with Gasteiger partial charge in [-0.3, -0.25) is 19.7 Å². The van der Waals surface area contributed by atoms with E-state index in [1.807, 2.05) is 0 Å². The van der Waals surface area contributed by atoms with E-state index in [0.717, 1.165) is 24.3 Å². The first-order valence-electron chi connectivity index (χ1n) is 8.99. The van der Waals surface area contributed by atoms with Crippen molar-refractivity contribution < 1.29 is 27.7 Å². The Morgan fingerprint density at radius 2 is 1.58 bits per heavy atom. The van der Waals surface area contributed by atoms with Gasteiger partial charge in [0.2, 0.25) is 5.91 Å². The van der Waals surface area contributed by atoms with E-state index < -0.39 is 28.4 Å². The second-order valence-corrected chi connectivity index (χ2v) is 6.60. The normalized spacial score (nSPS) is 11.1. The summed E-state index contributed by atoms with van der Waals surface area (Å²) >= 11 is 0. The highest BCUT2D eigenvalue weighted by Crippen LogP contribution is 2.29. The Morgan fingerprint density at radius 3 is 2.16 bits per heavy atom. The largest absolute Gasteiger partial charge is 0.416 e. The molecule has 3 rings (SSSR count). The number of hydrogen-bond acceptors (Lipinski definition) is 4. The molecule has 0 fully saturated rings. The fourth-order valence-electron chi connectivity index (χ4n) is 2.88. The minimum absolute atomic E-state index is 0.0661. The van der Waals surface area contributed by atoms with Crippen molar-refractivity contribution >= 4 is 23.1 Å². The molecule has 0 unspecified atom stereocenters. The van der Waals surface area contributed by atoms with E-state index in [1.54, 1.807) is 18.2 Å². The molecule has 0 saturated carbocycles. The van der Waals surface area contributed by atoms with Crippen LogP contribution in [0.25, 0.3) is 0 Å². The molecular formula is C22H15F3N2O4. The molecule has 9 heteroatoms. The molecule has 0 atom stereocenters. The SMILES string of the molecule is O=C(Cc1ccc(C(F)(F)F)cc1)Nc1ccc([N+](=O)[O-])cc1C(=O)c1ccccc1. The lowest BCUT2D eigenvalue weighted by molar-refractivity contribution is -0.384. The first-order chi connectivity index (χ1) is 14.6. The Morgan fingerprint density at radius 1 is 0.935 bits per heavy atom. The Balaban J connectivity index is 1.84. The number of nitrogens with one attached hydrogen (secondary N) is 1. The van der Waals surface area contributed by atoms with Crippen molar-refractivity contribution in [3.05, 3.63) is 105 Å². The highest BCUT2D eigenvalue weighted by Gasteiger charge is 2.30. The summed E-state index contributed by atoms with van der Waals surface area (Å²) in [7, 11) is 0. The highest BCUT2D eigenvalue weighted by atomic mass is 19.4. The predicted molar refractivity (Wildman–Crippen MR) is 107 cm³/mol. The average Bonchev–Trinajstić information content (AvgIpc) is 2.73. The molecule has 158 valence electrons. The van der Waals surface area contributed by atoms with Gasteiger partial charge in [-0.05, 0) is 23.8 Å². The van der Waals surface area contributed by atoms with Crippen molar-refractivity contribution in [3.63, 3.8) is 0 Å². The van der Waals surface area contributed by atoms with Gasteiger partial charge in [0.25, 0.3) is 5.69 Å². The topological polar surface area (TPSA) is 89.3 Å². The van der Waals surface area contributed by atoms with Gasteiger partial charge >= 0.3 is 6.18 Å². The summed E-state index contributed by atoms with van der Waals surface area (Å²) in [5.74, 6) is -1.11. The number of anilines is 1. The molecule has 3 aromatic rings. The molecule has 6 nitrogen and oxygen atoms in total. The Bertz CT molecular complexity index is 1130. The van der Waals surface area contributed by atoms with Crippen molar-refractivity contribution in [2.24, 2.45) is 0 Å². The summed E-state index contributed by atoms with van der Waals surface area (Å²) in [6, 6.07) is 15.6. The maximum Gasteiger partial charge on any atom is 0.416 e. The second-order valence-electron chi connectivity index (χ2n) is 6.60. The lowest BCUT2D eigenvalue weighted by atomic mass is 10.0. The van der Waals surface area contributed by atoms with Crippen molar-refractivity contribution in [2.75, 3.05) is 5.32 Å². The first kappa shape index (κ1) is 21.7. The third-order valence-electron chi connectivity index (χ3n) is 4.41. The molecule has 3 aromatic carbocycles. The lowest BCUT2D eigenvalue weighted by Crippen LogP contribution is -2.17. The van der Waals surface area contributed by atoms with E-state index in [9.17, 15) is 32.9 Å². The minimum Gasteiger partial charge on any atom is -0.325 e. The number of hydrogen-bond donors (Lipinski definition) is 1. The molecule has 0 bridgehead atoms. The number of benzene rings is 3. The number of carbonyl (C=O) groups is 2. The van der Waals surface area contributed by atoms with E-state index in [4.69, 9.17) is 0 Å². The average molecular weight is 428 g/mol. The number of carbonyl (C=O) groups excluding carboxylic acids is 2. The number of nitrogens with zero attached hydrogens (tertiary/aromatic N) is 1. The van der Waals surface area contributed by atoms with E-state index in [-0.39, 0.29) is 28.9 Å². The summed E-state index contributed by atoms with van der Waals surface area (Å²) < 4.78 is 38.0. The van der Waals surface area contributed by atoms with Gasteiger partial charge in [-0.15, -0.1) is 0 Å². The van der Waals surface area contributed by atoms with E-state index in [0.29, 0.717) is 5.56 Å². The van der Waals surface area contributed by atoms with Crippen LogP contribution in [-0.2, 0) is 17.4 Å². The van der Waals surface area contributed by atoms with Crippen molar-refractivity contribution in [2.45, 2.75) is 12.6 Å². The van der Waals surface area contributed by atoms with Gasteiger partial charge in [0, 0.05) is 17.7 Å². The Kier molecular flexibility index (Phi) is 6.15. The summed E-state index contributed by atoms with van der Waals surface area (Å²) in [5, 5.41) is 13.6. The molecule has 0 aliphatic rings. The van der Waals surface area contributed by atoms with Crippen LogP contribution < -0.4 is 5.32 Å². The highest BCUT2D eigenvalue weighted by molar-refractivity contribution is 6.14. The van der Waals surface area contributed by atoms with Gasteiger partial charge < -0.3 is 5.32 Å². The third kappa shape index (κ3) is 5.33. The molecule has 0 aliphatic heterocycles. The Labute approximate surface area is 174 Å². The molecule has 1 amide bonds. The van der Waals surface area contributed by atoms with Crippen LogP contribution in [0.15, 0.2) is 72.8 Å². The second kappa shape index (κ2) is 8.78. The van der Waals surface area contributed by atoms with Crippen molar-refractivity contribution in [1.29, 1.82) is 0 Å². The zero-order chi connectivity index (χ0) is 22.6. The number of halogens is 3. The summed E-state index contributed by atoms with van der Waals surface area (Å²) in [6.07, 6.45) is -4.72. The number of alkyl halides is 3. The minimum atomic E-state index is -4.48. The standard InChI is InChI=1S/C22H15F3N2O4/c23-22(24,25)16-8-6-14(7-9-16)12-20(28)26-19-11-10-17(27(30)31)13-18(19)21(29)15-4-2-1-3-5-15/h1-11,13H,12H2,(H,26,28). The molecule has 0 radical (unpaired) electrons. The number of nitro groups is 1. The molecule has 1 N–H and O–H groups in total. The molecule has 0 spiro atoms. The van der Waals surface area contributed by atoms with Crippen LogP contribution in [-0.4, -0.2) is 16.6 Å². The molecule has 0 aromatic heterocycles. The Hall–Kier alpha value is -4.01. The van der Waals surface area contributed by atoms with Crippen molar-refractivity contribution in [1.82, 2.24) is 0 Å². The number of non-ortho nitro benzene ring substituents is 1. The molecule has 0 heterocycles. The van der Waals surface area contributed by atoms with Crippen LogP contribution in [0.2, 0.25) is 0 Å². The van der Waals surface area contributed by atoms with E-state index >= 15 is 0 Å². The van der Waals surface area contributed by atoms with Crippen LogP contribution in [0.4, 0.5) is 24.5 Å². The number of nitro benzene ring substituents is 1. The van der Waals surface area contributed by atoms with Gasteiger partial charge in [-0.25, -0.2) is 0 Å². The fraction of sp³-hybridized carbons (Fsp3) is 0.0909. The first-order valence-corrected chi connectivity index (χ1v) is 8.99. The summed E-state index contributed by atoms with van der Waals surface area (Å²) in [5.41, 5.74) is -0.537. The number of ketones is 1. The molecular weight excluding hydrogens is 413 g/mol. The molecule has 0 saturated heterocycles. The molecule has 0 aliphatic carbocycles. The lowest BCUT2D eigenvalue weighted by Gasteiger charge is -2.11. The monoisotopic (exact) mass is 428 g/mol. The summed E-state index contributed by atoms with van der Waals surface area (Å²) in [6.45, 7) is 0. The van der Waals surface area contributed by atoms with Gasteiger partial charge in [-0.1, -0.05) is 42.5 Å². The number of amides is 1. The van der Waals surface area contributed by atoms with Crippen LogP contribution in [0, 0.1) is 10.1 Å². The predicted octanol–water partition coefficient (Wildman–Crippen LogP) is 5.03. The van der Waals surface area contributed by atoms with Gasteiger partial charge in [0.05, 0.1) is 28.2 Å². The van der Waals surface area contributed by atoms with Crippen LogP contribution in [0.3, 0.4) is 0 Å². The maximum atomic E-state index is 12.8. The van der Waals surface area contributed by atoms with Gasteiger partial charge in [0.15, 0.2) is 5.78 Å². The van der Waals surface area contributed by atoms with Crippen LogP contribution in [0.5, 0.6) is 0 Å². The summed E-state index contributed by atoms with van der Waals surface area (Å²) in [4.78, 5) is 35.7. The van der Waals surface area contributed by atoms with E-state index in [2.05, 4.69) is 5.32 Å². The van der Waals surface area contributed by atoms with Crippen LogP contribution >= 0.6 is 0 Å². The third-order valence-corrected chi connectivity index (χ3v) is 4.41. The number of rotatable bonds is 6.